The molecule has 0 fully saturated rings. The topological polar surface area (TPSA) is 107 Å². The highest BCUT2D eigenvalue weighted by molar-refractivity contribution is 7.85. The van der Waals surface area contributed by atoms with Crippen LogP contribution >= 0.6 is 0 Å². The van der Waals surface area contributed by atoms with Gasteiger partial charge in [-0.25, -0.2) is 0 Å². The normalized spacial score (nSPS) is 11.1. The van der Waals surface area contributed by atoms with E-state index in [1.165, 1.54) is 0 Å². The summed E-state index contributed by atoms with van der Waals surface area (Å²) >= 11 is 0. The summed E-state index contributed by atoms with van der Waals surface area (Å²) in [5.74, 6) is -1.93. The lowest BCUT2D eigenvalue weighted by molar-refractivity contribution is -0.149. The Kier molecular flexibility index (Phi) is 8.24. The van der Waals surface area contributed by atoms with Crippen molar-refractivity contribution in [3.8, 4) is 5.75 Å². The maximum absolute atomic E-state index is 12.0. The van der Waals surface area contributed by atoms with Gasteiger partial charge in [0.05, 0.1) is 0 Å². The van der Waals surface area contributed by atoms with E-state index in [1.54, 1.807) is 0 Å². The van der Waals surface area contributed by atoms with E-state index >= 15 is 0 Å². The first-order valence-corrected chi connectivity index (χ1v) is 9.77. The van der Waals surface area contributed by atoms with Gasteiger partial charge in [-0.05, 0) is 11.1 Å². The molecule has 0 saturated heterocycles. The van der Waals surface area contributed by atoms with Crippen molar-refractivity contribution in [3.05, 3.63) is 28.8 Å². The third-order valence-corrected chi connectivity index (χ3v) is 4.26. The number of hydrogen-bond acceptors (Lipinski definition) is 6. The first-order valence-electron chi connectivity index (χ1n) is 8.16. The van der Waals surface area contributed by atoms with Crippen LogP contribution < -0.4 is 4.74 Å². The summed E-state index contributed by atoms with van der Waals surface area (Å²) in [6.45, 7) is -0.517. The molecule has 1 aromatic rings. The smallest absolute Gasteiger partial charge is 0.322 e. The molecule has 11 heteroatoms. The fourth-order valence-corrected chi connectivity index (χ4v) is 2.56. The molecule has 0 unspecified atom stereocenters. The second-order valence-electron chi connectivity index (χ2n) is 5.46. The molecular formula is C14H21B3O7S. The molecular weight excluding hydrogens is 345 g/mol. The minimum absolute atomic E-state index is 0.470. The lowest BCUT2D eigenvalue weighted by Gasteiger charge is -2.15. The Morgan fingerprint density at radius 3 is 2.00 bits per heavy atom. The van der Waals surface area contributed by atoms with Gasteiger partial charge in [0.1, 0.15) is 48.1 Å². The minimum Gasteiger partial charge on any atom is -0.464 e. The Bertz CT molecular complexity index is 709. The zero-order valence-electron chi connectivity index (χ0n) is 14.7. The van der Waals surface area contributed by atoms with Crippen LogP contribution in [0.15, 0.2) is 12.1 Å². The average molecular weight is 366 g/mol. The summed E-state index contributed by atoms with van der Waals surface area (Å²) in [5.41, 5.74) is 2.94. The first-order chi connectivity index (χ1) is 11.7. The molecule has 25 heavy (non-hydrogen) atoms. The Balaban J connectivity index is 2.75. The molecule has 0 amide bonds. The number of carbonyl (C=O) groups is 2. The van der Waals surface area contributed by atoms with Crippen LogP contribution in [0.3, 0.4) is 0 Å². The molecule has 0 saturated carbocycles. The summed E-state index contributed by atoms with van der Waals surface area (Å²) in [4.78, 5) is 23.5. The van der Waals surface area contributed by atoms with Crippen LogP contribution in [-0.4, -0.2) is 60.8 Å². The van der Waals surface area contributed by atoms with E-state index in [9.17, 15) is 18.0 Å². The van der Waals surface area contributed by atoms with Gasteiger partial charge in [0.25, 0.3) is 10.1 Å². The molecule has 1 rings (SSSR count). The number of carbonyl (C=O) groups excluding carboxylic acids is 2. The van der Waals surface area contributed by atoms with Crippen molar-refractivity contribution in [2.75, 3.05) is 12.4 Å². The molecule has 0 aromatic heterocycles. The molecule has 0 heterocycles. The van der Waals surface area contributed by atoms with Crippen molar-refractivity contribution in [2.24, 2.45) is 0 Å². The fraction of sp³-hybridized carbons (Fsp3) is 0.429. The molecule has 0 atom stereocenters. The maximum atomic E-state index is 12.0. The van der Waals surface area contributed by atoms with Gasteiger partial charge in [-0.15, -0.1) is 0 Å². The molecule has 0 spiro atoms. The second-order valence-corrected chi connectivity index (χ2v) is 7.03. The van der Waals surface area contributed by atoms with Crippen LogP contribution in [0.1, 0.15) is 23.1 Å². The molecule has 0 aliphatic rings. The maximum Gasteiger partial charge on any atom is 0.322 e. The highest BCUT2D eigenvalue weighted by atomic mass is 32.2. The molecule has 0 radical (unpaired) electrons. The van der Waals surface area contributed by atoms with Crippen LogP contribution in [0, 0.1) is 0 Å². The quantitative estimate of drug-likeness (QED) is 0.174. The van der Waals surface area contributed by atoms with Gasteiger partial charge in [0.2, 0.25) is 0 Å². The standard InChI is InChI=1S/C14H21B3O7S/c15-6-9-3-10(7-16)14(11(4-9)8-17)24-13(19)5-12(18)23-1-2-25(20,21)22/h3-4H,1-2,5-8,15-17H2,(H,20,21,22). The number of benzene rings is 1. The minimum atomic E-state index is -4.21. The van der Waals surface area contributed by atoms with Crippen LogP contribution in [0.2, 0.25) is 0 Å². The average Bonchev–Trinajstić information content (AvgIpc) is 2.53. The Morgan fingerprint density at radius 2 is 1.56 bits per heavy atom. The zero-order chi connectivity index (χ0) is 19.0. The van der Waals surface area contributed by atoms with Gasteiger partial charge in [-0.1, -0.05) is 36.7 Å². The highest BCUT2D eigenvalue weighted by Gasteiger charge is 2.18. The van der Waals surface area contributed by atoms with Crippen molar-refractivity contribution in [2.45, 2.75) is 25.4 Å². The van der Waals surface area contributed by atoms with Crippen molar-refractivity contribution in [1.29, 1.82) is 0 Å². The zero-order valence-corrected chi connectivity index (χ0v) is 15.5. The first kappa shape index (κ1) is 21.3. The van der Waals surface area contributed by atoms with E-state index in [1.807, 2.05) is 35.7 Å². The van der Waals surface area contributed by atoms with E-state index < -0.39 is 40.8 Å². The van der Waals surface area contributed by atoms with Crippen LogP contribution in [0.4, 0.5) is 0 Å². The molecule has 0 bridgehead atoms. The summed E-state index contributed by atoms with van der Waals surface area (Å²) < 4.78 is 39.6. The number of rotatable bonds is 9. The molecule has 134 valence electrons. The summed E-state index contributed by atoms with van der Waals surface area (Å²) in [6.07, 6.45) is 1.60. The third kappa shape index (κ3) is 7.35. The van der Waals surface area contributed by atoms with Gasteiger partial charge < -0.3 is 9.47 Å². The SMILES string of the molecule is BCc1cc(CB)c(OC(=O)CC(=O)OCCS(=O)(=O)O)c(CB)c1. The second kappa shape index (κ2) is 9.67. The molecule has 0 aliphatic heterocycles. The van der Waals surface area contributed by atoms with E-state index in [2.05, 4.69) is 4.74 Å². The van der Waals surface area contributed by atoms with E-state index in [0.29, 0.717) is 18.4 Å². The van der Waals surface area contributed by atoms with Crippen molar-refractivity contribution >= 4 is 45.6 Å². The predicted molar refractivity (Wildman–Crippen MR) is 101 cm³/mol. The number of esters is 2. The van der Waals surface area contributed by atoms with Gasteiger partial charge >= 0.3 is 11.9 Å². The molecule has 1 aromatic carbocycles. The Morgan fingerprint density at radius 1 is 1.00 bits per heavy atom. The molecule has 0 aliphatic carbocycles. The van der Waals surface area contributed by atoms with Crippen LogP contribution in [-0.2, 0) is 43.4 Å². The summed E-state index contributed by atoms with van der Waals surface area (Å²) in [6, 6.07) is 3.96. The Labute approximate surface area is 150 Å². The van der Waals surface area contributed by atoms with Gasteiger partial charge in [-0.3, -0.25) is 14.1 Å². The van der Waals surface area contributed by atoms with Crippen molar-refractivity contribution < 1.29 is 32.0 Å². The van der Waals surface area contributed by atoms with E-state index in [-0.39, 0.29) is 0 Å². The fourth-order valence-electron chi connectivity index (χ4n) is 2.27. The Hall–Kier alpha value is -1.74. The van der Waals surface area contributed by atoms with E-state index in [0.717, 1.165) is 23.0 Å². The van der Waals surface area contributed by atoms with Gasteiger partial charge in [0, 0.05) is 0 Å². The predicted octanol–water partition coefficient (Wildman–Crippen LogP) is -2.19. The monoisotopic (exact) mass is 366 g/mol. The van der Waals surface area contributed by atoms with Crippen molar-refractivity contribution in [1.82, 2.24) is 0 Å². The van der Waals surface area contributed by atoms with Crippen LogP contribution in [0.5, 0.6) is 5.75 Å². The molecule has 7 nitrogen and oxygen atoms in total. The summed E-state index contributed by atoms with van der Waals surface area (Å²) in [5, 5.41) is 0. The number of ether oxygens (including phenoxy) is 2. The lowest BCUT2D eigenvalue weighted by atomic mass is 9.85. The number of hydrogen-bond donors (Lipinski definition) is 1. The highest BCUT2D eigenvalue weighted by Crippen LogP contribution is 2.27. The van der Waals surface area contributed by atoms with Crippen molar-refractivity contribution in [3.63, 3.8) is 0 Å². The summed E-state index contributed by atoms with van der Waals surface area (Å²) in [7, 11) is 1.74. The molecule has 1 N–H and O–H groups in total. The van der Waals surface area contributed by atoms with Crippen LogP contribution in [0.25, 0.3) is 0 Å². The van der Waals surface area contributed by atoms with E-state index in [4.69, 9.17) is 9.29 Å². The lowest BCUT2D eigenvalue weighted by Crippen LogP contribution is -2.20. The van der Waals surface area contributed by atoms with Gasteiger partial charge in [-0.2, -0.15) is 8.42 Å². The van der Waals surface area contributed by atoms with Gasteiger partial charge in [0.15, 0.2) is 0 Å². The largest absolute Gasteiger partial charge is 0.464 e. The third-order valence-electron chi connectivity index (χ3n) is 3.58.